The molecule has 252 valence electrons. The molecule has 4 saturated heterocycles. The van der Waals surface area contributed by atoms with Gasteiger partial charge in [0.1, 0.15) is 11.6 Å². The van der Waals surface area contributed by atoms with E-state index in [4.69, 9.17) is 9.47 Å². The molecule has 3 amide bonds. The lowest BCUT2D eigenvalue weighted by Crippen LogP contribution is -2.60. The Labute approximate surface area is 274 Å². The van der Waals surface area contributed by atoms with Crippen LogP contribution in [0.25, 0.3) is 0 Å². The molecule has 5 rings (SSSR count). The van der Waals surface area contributed by atoms with Gasteiger partial charge in [-0.15, -0.1) is 13.2 Å². The summed E-state index contributed by atoms with van der Waals surface area (Å²) in [5.74, 6) is -2.59. The Morgan fingerprint density at radius 1 is 1.13 bits per heavy atom. The highest BCUT2D eigenvalue weighted by atomic mass is 16.5. The number of likely N-dealkylation sites (tertiary alicyclic amines) is 1. The molecule has 1 aromatic rings. The van der Waals surface area contributed by atoms with Crippen molar-refractivity contribution >= 4 is 23.4 Å². The fourth-order valence-corrected chi connectivity index (χ4v) is 8.44. The molecule has 0 aliphatic carbocycles. The molecule has 0 radical (unpaired) electrons. The van der Waals surface area contributed by atoms with Crippen molar-refractivity contribution in [3.05, 3.63) is 55.6 Å². The van der Waals surface area contributed by atoms with Crippen molar-refractivity contribution in [3.63, 3.8) is 0 Å². The predicted octanol–water partition coefficient (Wildman–Crippen LogP) is 2.97. The second kappa shape index (κ2) is 14.0. The van der Waals surface area contributed by atoms with Crippen LogP contribution < -0.4 is 4.90 Å². The molecule has 8 atom stereocenters. The Morgan fingerprint density at radius 2 is 1.80 bits per heavy atom. The normalized spacial score (nSPS) is 31.8. The van der Waals surface area contributed by atoms with Crippen LogP contribution >= 0.6 is 0 Å². The molecule has 2 bridgehead atoms. The number of anilines is 1. The van der Waals surface area contributed by atoms with E-state index in [1.165, 1.54) is 0 Å². The van der Waals surface area contributed by atoms with Crippen molar-refractivity contribution in [1.82, 2.24) is 14.7 Å². The zero-order valence-corrected chi connectivity index (χ0v) is 28.0. The lowest BCUT2D eigenvalue weighted by molar-refractivity contribution is -0.156. The van der Waals surface area contributed by atoms with Crippen LogP contribution in [0.4, 0.5) is 5.69 Å². The van der Waals surface area contributed by atoms with Crippen LogP contribution in [-0.2, 0) is 23.9 Å². The van der Waals surface area contributed by atoms with Gasteiger partial charge in [0.25, 0.3) is 0 Å². The first-order valence-corrected chi connectivity index (χ1v) is 16.9. The fourth-order valence-electron chi connectivity index (χ4n) is 8.44. The first-order chi connectivity index (χ1) is 22.1. The minimum absolute atomic E-state index is 0.0818. The number of carbonyl (C=O) groups is 3. The summed E-state index contributed by atoms with van der Waals surface area (Å²) in [5, 5.41) is 10.8. The van der Waals surface area contributed by atoms with Gasteiger partial charge in [0.05, 0.1) is 43.3 Å². The molecule has 4 aliphatic rings. The molecule has 4 aliphatic heterocycles. The SMILES string of the molecule is C=CCN(CCN1CCOCC1)C(=O)C1N([C@@H](CO)[C@@H](C)CC)C(=O)[C@@H]2[C@@H](C(=O)N(CC=C)c3ccccc3)[C@]3(C)OC12CC3C. The molecule has 1 aromatic carbocycles. The van der Waals surface area contributed by atoms with Gasteiger partial charge in [-0.2, -0.15) is 0 Å². The smallest absolute Gasteiger partial charge is 0.248 e. The van der Waals surface area contributed by atoms with Crippen LogP contribution in [0.15, 0.2) is 55.6 Å². The number of aliphatic hydroxyl groups is 1. The highest BCUT2D eigenvalue weighted by Gasteiger charge is 2.80. The van der Waals surface area contributed by atoms with Crippen LogP contribution in [0.5, 0.6) is 0 Å². The zero-order valence-electron chi connectivity index (χ0n) is 28.0. The number of hydrogen-bond donors (Lipinski definition) is 1. The zero-order chi connectivity index (χ0) is 33.2. The van der Waals surface area contributed by atoms with Gasteiger partial charge in [-0.3, -0.25) is 19.3 Å². The number of aliphatic hydroxyl groups excluding tert-OH is 1. The average molecular weight is 637 g/mol. The van der Waals surface area contributed by atoms with Gasteiger partial charge in [0.2, 0.25) is 17.7 Å². The molecule has 3 unspecified atom stereocenters. The summed E-state index contributed by atoms with van der Waals surface area (Å²) in [6, 6.07) is 7.82. The van der Waals surface area contributed by atoms with Crippen molar-refractivity contribution in [2.24, 2.45) is 23.7 Å². The molecule has 4 heterocycles. The van der Waals surface area contributed by atoms with Crippen LogP contribution in [0.3, 0.4) is 0 Å². The van der Waals surface area contributed by atoms with E-state index < -0.39 is 35.1 Å². The van der Waals surface area contributed by atoms with Gasteiger partial charge in [0.15, 0.2) is 0 Å². The van der Waals surface area contributed by atoms with E-state index in [1.54, 1.807) is 26.9 Å². The maximum absolute atomic E-state index is 14.9. The highest BCUT2D eigenvalue weighted by Crippen LogP contribution is 2.66. The highest BCUT2D eigenvalue weighted by molar-refractivity contribution is 6.03. The van der Waals surface area contributed by atoms with Gasteiger partial charge in [-0.1, -0.05) is 57.5 Å². The second-order valence-corrected chi connectivity index (χ2v) is 13.7. The van der Waals surface area contributed by atoms with E-state index in [2.05, 4.69) is 25.0 Å². The number of fused-ring (bicyclic) bond motifs is 1. The predicted molar refractivity (Wildman–Crippen MR) is 177 cm³/mol. The summed E-state index contributed by atoms with van der Waals surface area (Å²) in [4.78, 5) is 51.9. The number of nitrogens with zero attached hydrogens (tertiary/aromatic N) is 4. The van der Waals surface area contributed by atoms with Gasteiger partial charge in [-0.05, 0) is 37.3 Å². The molecule has 4 fully saturated rings. The standard InChI is InChI=1S/C36H52N4O6/c1-7-15-38(18-17-37-19-21-45-22-20-37)34(44)31-36-23-26(5)35(6,46-36)29(30(36)33(43)40(31)28(24-41)25(4)9-3)32(42)39(16-8-2)27-13-11-10-12-14-27/h7-8,10-14,25-26,28-31,41H,1-2,9,15-24H2,3-6H3/t25-,26?,28-,29-,30-,31?,35+,36?/m0/s1. The van der Waals surface area contributed by atoms with Crippen LogP contribution in [-0.4, -0.2) is 120 Å². The Kier molecular flexibility index (Phi) is 10.4. The van der Waals surface area contributed by atoms with Gasteiger partial charge in [-0.25, -0.2) is 0 Å². The van der Waals surface area contributed by atoms with E-state index in [1.807, 2.05) is 51.1 Å². The fraction of sp³-hybridized carbons (Fsp3) is 0.639. The molecule has 0 aromatic heterocycles. The molecule has 1 spiro atoms. The number of amides is 3. The molecular weight excluding hydrogens is 584 g/mol. The van der Waals surface area contributed by atoms with Crippen molar-refractivity contribution in [3.8, 4) is 0 Å². The summed E-state index contributed by atoms with van der Waals surface area (Å²) in [7, 11) is 0. The maximum Gasteiger partial charge on any atom is 0.248 e. The maximum atomic E-state index is 14.9. The number of para-hydroxylation sites is 1. The van der Waals surface area contributed by atoms with Crippen molar-refractivity contribution in [2.75, 3.05) is 64.0 Å². The van der Waals surface area contributed by atoms with Crippen LogP contribution in [0.1, 0.15) is 40.5 Å². The average Bonchev–Trinajstić information content (AvgIpc) is 3.58. The molecule has 10 heteroatoms. The molecule has 0 saturated carbocycles. The topological polar surface area (TPSA) is 103 Å². The third-order valence-electron chi connectivity index (χ3n) is 11.2. The number of ether oxygens (including phenoxy) is 2. The van der Waals surface area contributed by atoms with E-state index in [0.29, 0.717) is 51.4 Å². The number of carbonyl (C=O) groups excluding carboxylic acids is 3. The monoisotopic (exact) mass is 636 g/mol. The summed E-state index contributed by atoms with van der Waals surface area (Å²) >= 11 is 0. The lowest BCUT2D eigenvalue weighted by atomic mass is 9.62. The molecule has 1 N–H and O–H groups in total. The third kappa shape index (κ3) is 5.71. The quantitative estimate of drug-likeness (QED) is 0.314. The van der Waals surface area contributed by atoms with Crippen molar-refractivity contribution in [2.45, 2.75) is 63.8 Å². The van der Waals surface area contributed by atoms with Crippen LogP contribution in [0.2, 0.25) is 0 Å². The van der Waals surface area contributed by atoms with E-state index in [9.17, 15) is 19.5 Å². The van der Waals surface area contributed by atoms with Crippen molar-refractivity contribution in [1.29, 1.82) is 0 Å². The van der Waals surface area contributed by atoms with Crippen LogP contribution in [0, 0.1) is 23.7 Å². The Hall–Kier alpha value is -3.05. The number of hydrogen-bond acceptors (Lipinski definition) is 7. The van der Waals surface area contributed by atoms with Gasteiger partial charge in [0, 0.05) is 45.0 Å². The third-order valence-corrected chi connectivity index (χ3v) is 11.2. The number of morpholine rings is 1. The lowest BCUT2D eigenvalue weighted by Gasteiger charge is -2.41. The number of benzene rings is 1. The van der Waals surface area contributed by atoms with E-state index in [0.717, 1.165) is 13.1 Å². The molecular formula is C36H52N4O6. The summed E-state index contributed by atoms with van der Waals surface area (Å²) in [5.41, 5.74) is -1.46. The first kappa shape index (κ1) is 34.3. The largest absolute Gasteiger partial charge is 0.394 e. The number of rotatable bonds is 14. The summed E-state index contributed by atoms with van der Waals surface area (Å²) in [6.07, 6.45) is 4.57. The minimum atomic E-state index is -1.21. The molecule has 10 nitrogen and oxygen atoms in total. The minimum Gasteiger partial charge on any atom is -0.394 e. The Balaban J connectivity index is 1.58. The van der Waals surface area contributed by atoms with Crippen molar-refractivity contribution < 1.29 is 29.0 Å². The Morgan fingerprint density at radius 3 is 2.41 bits per heavy atom. The summed E-state index contributed by atoms with van der Waals surface area (Å²) in [6.45, 7) is 20.1. The second-order valence-electron chi connectivity index (χ2n) is 13.7. The Bertz CT molecular complexity index is 1290. The van der Waals surface area contributed by atoms with E-state index >= 15 is 0 Å². The van der Waals surface area contributed by atoms with Gasteiger partial charge < -0.3 is 29.3 Å². The van der Waals surface area contributed by atoms with E-state index in [-0.39, 0.29) is 42.7 Å². The summed E-state index contributed by atoms with van der Waals surface area (Å²) < 4.78 is 12.5. The van der Waals surface area contributed by atoms with Gasteiger partial charge >= 0.3 is 0 Å². The first-order valence-electron chi connectivity index (χ1n) is 16.9. The molecule has 46 heavy (non-hydrogen) atoms.